The number of esters is 1. The van der Waals surface area contributed by atoms with Crippen molar-refractivity contribution in [1.82, 2.24) is 10.2 Å². The number of carbonyl (C=O) groups excluding carboxylic acids is 1. The molecule has 0 bridgehead atoms. The van der Waals surface area contributed by atoms with E-state index in [9.17, 15) is 4.79 Å². The van der Waals surface area contributed by atoms with Crippen LogP contribution in [-0.4, -0.2) is 42.6 Å². The normalized spacial score (nSPS) is 22.7. The highest BCUT2D eigenvalue weighted by Crippen LogP contribution is 2.21. The van der Waals surface area contributed by atoms with Crippen molar-refractivity contribution in [2.24, 2.45) is 5.92 Å². The summed E-state index contributed by atoms with van der Waals surface area (Å²) in [6.45, 7) is 9.33. The average molecular weight is 304 g/mol. The third kappa shape index (κ3) is 4.82. The summed E-state index contributed by atoms with van der Waals surface area (Å²) in [4.78, 5) is 14.6. The second-order valence-electron chi connectivity index (χ2n) is 6.30. The van der Waals surface area contributed by atoms with Crippen molar-refractivity contribution in [2.45, 2.75) is 45.8 Å². The Kier molecular flexibility index (Phi) is 6.40. The first kappa shape index (κ1) is 17.0. The quantitative estimate of drug-likeness (QED) is 0.820. The molecule has 0 aromatic heterocycles. The second kappa shape index (κ2) is 8.30. The van der Waals surface area contributed by atoms with E-state index in [1.165, 1.54) is 5.56 Å². The first-order chi connectivity index (χ1) is 10.6. The number of piperidine rings is 1. The molecule has 2 rings (SSSR count). The maximum atomic E-state index is 12.2. The molecule has 4 heteroatoms. The minimum atomic E-state index is -0.0555. The van der Waals surface area contributed by atoms with Crippen molar-refractivity contribution >= 4 is 5.97 Å². The Labute approximate surface area is 133 Å². The van der Waals surface area contributed by atoms with Gasteiger partial charge in [-0.2, -0.15) is 0 Å². The molecule has 0 saturated carbocycles. The molecule has 1 saturated heterocycles. The Morgan fingerprint density at radius 2 is 2.09 bits per heavy atom. The predicted molar refractivity (Wildman–Crippen MR) is 88.5 cm³/mol. The summed E-state index contributed by atoms with van der Waals surface area (Å²) in [6.07, 6.45) is 0.857. The van der Waals surface area contributed by atoms with E-state index >= 15 is 0 Å². The highest BCUT2D eigenvalue weighted by Gasteiger charge is 2.35. The molecule has 1 aromatic carbocycles. The van der Waals surface area contributed by atoms with E-state index < -0.39 is 0 Å². The molecule has 0 radical (unpaired) electrons. The third-order valence-corrected chi connectivity index (χ3v) is 4.08. The van der Waals surface area contributed by atoms with Crippen LogP contribution >= 0.6 is 0 Å². The van der Waals surface area contributed by atoms with Gasteiger partial charge in [0, 0.05) is 25.2 Å². The van der Waals surface area contributed by atoms with Gasteiger partial charge in [-0.3, -0.25) is 9.69 Å². The molecule has 22 heavy (non-hydrogen) atoms. The zero-order valence-electron chi connectivity index (χ0n) is 13.9. The highest BCUT2D eigenvalue weighted by molar-refractivity contribution is 5.73. The first-order valence-electron chi connectivity index (χ1n) is 8.29. The van der Waals surface area contributed by atoms with Gasteiger partial charge in [0.25, 0.3) is 0 Å². The number of likely N-dealkylation sites (tertiary alicyclic amines) is 1. The van der Waals surface area contributed by atoms with Gasteiger partial charge < -0.3 is 10.1 Å². The summed E-state index contributed by atoms with van der Waals surface area (Å²) in [5, 5.41) is 3.54. The van der Waals surface area contributed by atoms with Crippen LogP contribution in [0.25, 0.3) is 0 Å². The Balaban J connectivity index is 1.99. The van der Waals surface area contributed by atoms with Crippen LogP contribution in [0.1, 0.15) is 32.8 Å². The molecule has 122 valence electrons. The maximum absolute atomic E-state index is 12.2. The van der Waals surface area contributed by atoms with Crippen LogP contribution in [0.4, 0.5) is 0 Å². The molecule has 1 aliphatic heterocycles. The summed E-state index contributed by atoms with van der Waals surface area (Å²) >= 11 is 0. The molecule has 1 aliphatic rings. The number of hydrogen-bond donors (Lipinski definition) is 1. The first-order valence-corrected chi connectivity index (χ1v) is 8.29. The lowest BCUT2D eigenvalue weighted by atomic mass is 9.90. The van der Waals surface area contributed by atoms with Gasteiger partial charge >= 0.3 is 5.97 Å². The maximum Gasteiger partial charge on any atom is 0.310 e. The van der Waals surface area contributed by atoms with Gasteiger partial charge in [-0.1, -0.05) is 44.2 Å². The molecule has 1 heterocycles. The third-order valence-electron chi connectivity index (χ3n) is 4.08. The summed E-state index contributed by atoms with van der Waals surface area (Å²) in [5.74, 6) is -0.0885. The zero-order valence-corrected chi connectivity index (χ0v) is 13.9. The van der Waals surface area contributed by atoms with Gasteiger partial charge in [0.1, 0.15) is 0 Å². The molecule has 1 fully saturated rings. The lowest BCUT2D eigenvalue weighted by molar-refractivity contribution is -0.151. The second-order valence-corrected chi connectivity index (χ2v) is 6.30. The van der Waals surface area contributed by atoms with Gasteiger partial charge in [0.2, 0.25) is 0 Å². The largest absolute Gasteiger partial charge is 0.466 e. The predicted octanol–water partition coefficient (Wildman–Crippen LogP) is 2.44. The molecule has 0 amide bonds. The summed E-state index contributed by atoms with van der Waals surface area (Å²) in [7, 11) is 0. The number of nitrogens with zero attached hydrogens (tertiary/aromatic N) is 1. The number of rotatable bonds is 6. The molecule has 1 N–H and O–H groups in total. The fourth-order valence-corrected chi connectivity index (χ4v) is 3.13. The van der Waals surface area contributed by atoms with Gasteiger partial charge in [-0.05, 0) is 25.5 Å². The van der Waals surface area contributed by atoms with Crippen LogP contribution in [-0.2, 0) is 16.1 Å². The monoisotopic (exact) mass is 304 g/mol. The van der Waals surface area contributed by atoms with Gasteiger partial charge in [0.15, 0.2) is 0 Å². The van der Waals surface area contributed by atoms with E-state index in [0.29, 0.717) is 12.6 Å². The number of hydrogen-bond acceptors (Lipinski definition) is 4. The Hall–Kier alpha value is -1.39. The Morgan fingerprint density at radius 3 is 2.73 bits per heavy atom. The number of carbonyl (C=O) groups is 1. The van der Waals surface area contributed by atoms with Crippen molar-refractivity contribution in [2.75, 3.05) is 19.7 Å². The minimum Gasteiger partial charge on any atom is -0.466 e. The molecule has 0 aliphatic carbocycles. The molecular weight excluding hydrogens is 276 g/mol. The van der Waals surface area contributed by atoms with Gasteiger partial charge in [-0.15, -0.1) is 0 Å². The van der Waals surface area contributed by atoms with Crippen molar-refractivity contribution in [3.05, 3.63) is 35.9 Å². The number of benzene rings is 1. The van der Waals surface area contributed by atoms with Crippen LogP contribution in [0.2, 0.25) is 0 Å². The van der Waals surface area contributed by atoms with Crippen LogP contribution in [0.15, 0.2) is 30.3 Å². The molecule has 0 spiro atoms. The SMILES string of the molecule is CCOC(=O)C1CCN(Cc2ccccc2)CC1NC(C)C. The minimum absolute atomic E-state index is 0.0330. The van der Waals surface area contributed by atoms with Crippen LogP contribution in [0.5, 0.6) is 0 Å². The molecule has 2 unspecified atom stereocenters. The van der Waals surface area contributed by atoms with Crippen molar-refractivity contribution in [3.8, 4) is 0 Å². The topological polar surface area (TPSA) is 41.6 Å². The smallest absolute Gasteiger partial charge is 0.310 e. The molecule has 2 atom stereocenters. The molecule has 1 aromatic rings. The van der Waals surface area contributed by atoms with Crippen molar-refractivity contribution in [3.63, 3.8) is 0 Å². The number of nitrogens with one attached hydrogen (secondary N) is 1. The summed E-state index contributed by atoms with van der Waals surface area (Å²) in [6, 6.07) is 11.0. The Morgan fingerprint density at radius 1 is 1.36 bits per heavy atom. The Bertz CT molecular complexity index is 461. The standard InChI is InChI=1S/C18H28N2O2/c1-4-22-18(21)16-10-11-20(13-17(16)19-14(2)3)12-15-8-6-5-7-9-15/h5-9,14,16-17,19H,4,10-13H2,1-3H3. The van der Waals surface area contributed by atoms with Crippen LogP contribution < -0.4 is 5.32 Å². The van der Waals surface area contributed by atoms with Gasteiger partial charge in [-0.25, -0.2) is 0 Å². The molecular formula is C18H28N2O2. The fourth-order valence-electron chi connectivity index (χ4n) is 3.13. The summed E-state index contributed by atoms with van der Waals surface area (Å²) in [5.41, 5.74) is 1.32. The van der Waals surface area contributed by atoms with E-state index in [1.807, 2.05) is 13.0 Å². The molecule has 4 nitrogen and oxygen atoms in total. The van der Waals surface area contributed by atoms with E-state index in [-0.39, 0.29) is 17.9 Å². The van der Waals surface area contributed by atoms with Gasteiger partial charge in [0.05, 0.1) is 12.5 Å². The van der Waals surface area contributed by atoms with E-state index in [4.69, 9.17) is 4.74 Å². The number of ether oxygens (including phenoxy) is 1. The van der Waals surface area contributed by atoms with Crippen LogP contribution in [0.3, 0.4) is 0 Å². The van der Waals surface area contributed by atoms with Crippen molar-refractivity contribution in [1.29, 1.82) is 0 Å². The summed E-state index contributed by atoms with van der Waals surface area (Å²) < 4.78 is 5.25. The zero-order chi connectivity index (χ0) is 15.9. The highest BCUT2D eigenvalue weighted by atomic mass is 16.5. The fraction of sp³-hybridized carbons (Fsp3) is 0.611. The average Bonchev–Trinajstić information content (AvgIpc) is 2.48. The van der Waals surface area contributed by atoms with Crippen molar-refractivity contribution < 1.29 is 9.53 Å². The van der Waals surface area contributed by atoms with E-state index in [0.717, 1.165) is 26.1 Å². The lowest BCUT2D eigenvalue weighted by Gasteiger charge is -2.38. The lowest BCUT2D eigenvalue weighted by Crippen LogP contribution is -2.54. The van der Waals surface area contributed by atoms with E-state index in [2.05, 4.69) is 48.3 Å². The van der Waals surface area contributed by atoms with E-state index in [1.54, 1.807) is 0 Å². The van der Waals surface area contributed by atoms with Crippen LogP contribution in [0, 0.1) is 5.92 Å².